The van der Waals surface area contributed by atoms with Gasteiger partial charge in [-0.25, -0.2) is 16.8 Å². The number of phenolic OH excluding ortho intramolecular Hbond substituents is 2. The molecular formula is C36H30N4Na2O14S4. The van der Waals surface area contributed by atoms with Gasteiger partial charge in [-0.15, -0.1) is 10.2 Å². The molecular weight excluding hydrogens is 887 g/mol. The Morgan fingerprint density at radius 3 is 0.967 bits per heavy atom. The summed E-state index contributed by atoms with van der Waals surface area (Å²) in [4.78, 5) is -1.86. The molecule has 0 saturated heterocycles. The summed E-state index contributed by atoms with van der Waals surface area (Å²) in [5.74, 6) is -0.784. The molecule has 0 bridgehead atoms. The summed E-state index contributed by atoms with van der Waals surface area (Å²) < 4.78 is 134. The Morgan fingerprint density at radius 1 is 0.417 bits per heavy atom. The van der Waals surface area contributed by atoms with Crippen molar-refractivity contribution in [2.45, 2.75) is 47.3 Å². The molecule has 0 heterocycles. The quantitative estimate of drug-likeness (QED) is 0.0955. The average molecular weight is 917 g/mol. The van der Waals surface area contributed by atoms with E-state index in [-0.39, 0.29) is 113 Å². The predicted molar refractivity (Wildman–Crippen MR) is 207 cm³/mol. The third kappa shape index (κ3) is 11.4. The van der Waals surface area contributed by atoms with Crippen molar-refractivity contribution in [3.8, 4) is 11.5 Å². The van der Waals surface area contributed by atoms with E-state index in [1.54, 1.807) is 26.0 Å². The van der Waals surface area contributed by atoms with Crippen LogP contribution in [-0.2, 0) is 40.5 Å². The van der Waals surface area contributed by atoms with Crippen LogP contribution in [0.3, 0.4) is 0 Å². The summed E-state index contributed by atoms with van der Waals surface area (Å²) in [5, 5.41) is 36.5. The smallest absolute Gasteiger partial charge is 0.744 e. The van der Waals surface area contributed by atoms with Crippen molar-refractivity contribution in [2.24, 2.45) is 20.5 Å². The first kappa shape index (κ1) is 50.6. The molecule has 18 nitrogen and oxygen atoms in total. The zero-order chi connectivity index (χ0) is 43.1. The monoisotopic (exact) mass is 916 g/mol. The number of hydrogen-bond acceptors (Lipinski definition) is 16. The largest absolute Gasteiger partial charge is 1.00 e. The fourth-order valence-electron chi connectivity index (χ4n) is 5.82. The van der Waals surface area contributed by atoms with Crippen molar-refractivity contribution < 1.29 is 121 Å². The molecule has 0 unspecified atom stereocenters. The first-order valence-corrected chi connectivity index (χ1v) is 21.9. The van der Waals surface area contributed by atoms with Gasteiger partial charge in [-0.05, 0) is 74.2 Å². The molecule has 6 aromatic carbocycles. The molecule has 0 saturated carbocycles. The molecule has 0 aliphatic rings. The molecule has 304 valence electrons. The van der Waals surface area contributed by atoms with Gasteiger partial charge in [0.2, 0.25) is 0 Å². The molecule has 4 N–H and O–H groups in total. The molecule has 60 heavy (non-hydrogen) atoms. The van der Waals surface area contributed by atoms with E-state index in [4.69, 9.17) is 0 Å². The molecule has 0 radical (unpaired) electrons. The summed E-state index contributed by atoms with van der Waals surface area (Å²) >= 11 is 0. The second kappa shape index (κ2) is 19.1. The van der Waals surface area contributed by atoms with E-state index in [1.807, 2.05) is 0 Å². The van der Waals surface area contributed by atoms with Crippen molar-refractivity contribution in [2.75, 3.05) is 0 Å². The van der Waals surface area contributed by atoms with Gasteiger partial charge in [-0.3, -0.25) is 9.11 Å². The predicted octanol–water partition coefficient (Wildman–Crippen LogP) is 1.46. The Labute approximate surface area is 388 Å². The Balaban J connectivity index is 0.000000310. The van der Waals surface area contributed by atoms with Gasteiger partial charge in [0, 0.05) is 21.5 Å². The van der Waals surface area contributed by atoms with Crippen LogP contribution >= 0.6 is 0 Å². The van der Waals surface area contributed by atoms with Crippen molar-refractivity contribution in [3.05, 3.63) is 107 Å². The van der Waals surface area contributed by atoms with Crippen LogP contribution in [0, 0.1) is 27.7 Å². The zero-order valence-corrected chi connectivity index (χ0v) is 39.6. The van der Waals surface area contributed by atoms with Gasteiger partial charge in [0.25, 0.3) is 20.2 Å². The minimum absolute atomic E-state index is 0. The summed E-state index contributed by atoms with van der Waals surface area (Å²) in [7, 11) is -18.7. The van der Waals surface area contributed by atoms with Gasteiger partial charge < -0.3 is 19.3 Å². The molecule has 0 atom stereocenters. The third-order valence-corrected chi connectivity index (χ3v) is 12.3. The van der Waals surface area contributed by atoms with E-state index in [1.165, 1.54) is 62.4 Å². The molecule has 24 heteroatoms. The first-order valence-electron chi connectivity index (χ1n) is 16.2. The number of azo groups is 2. The van der Waals surface area contributed by atoms with Crippen LogP contribution < -0.4 is 59.1 Å². The fraction of sp³-hybridized carbons (Fsp3) is 0.111. The summed E-state index contributed by atoms with van der Waals surface area (Å²) in [6, 6.07) is 18.7. The molecule has 0 aliphatic carbocycles. The van der Waals surface area contributed by atoms with E-state index < -0.39 is 61.8 Å². The molecule has 0 fully saturated rings. The normalized spacial score (nSPS) is 12.3. The maximum atomic E-state index is 11.6. The summed E-state index contributed by atoms with van der Waals surface area (Å²) in [6.45, 7) is 6.25. The Bertz CT molecular complexity index is 2990. The second-order valence-corrected chi connectivity index (χ2v) is 18.1. The fourth-order valence-corrected chi connectivity index (χ4v) is 8.68. The van der Waals surface area contributed by atoms with Crippen molar-refractivity contribution in [3.63, 3.8) is 0 Å². The molecule has 0 aromatic heterocycles. The average Bonchev–Trinajstić information content (AvgIpc) is 3.10. The van der Waals surface area contributed by atoms with Crippen LogP contribution in [0.25, 0.3) is 21.5 Å². The van der Waals surface area contributed by atoms with Gasteiger partial charge in [0.1, 0.15) is 31.6 Å². The number of rotatable bonds is 8. The zero-order valence-electron chi connectivity index (χ0n) is 32.4. The van der Waals surface area contributed by atoms with Crippen molar-refractivity contribution in [1.82, 2.24) is 0 Å². The van der Waals surface area contributed by atoms with Crippen molar-refractivity contribution in [1.29, 1.82) is 0 Å². The van der Waals surface area contributed by atoms with E-state index in [0.717, 1.165) is 24.3 Å². The maximum Gasteiger partial charge on any atom is 1.00 e. The van der Waals surface area contributed by atoms with Crippen molar-refractivity contribution >= 4 is 84.8 Å². The summed E-state index contributed by atoms with van der Waals surface area (Å²) in [5.41, 5.74) is 1.23. The minimum Gasteiger partial charge on any atom is -0.744 e. The first-order chi connectivity index (χ1) is 26.8. The maximum absolute atomic E-state index is 11.6. The van der Waals surface area contributed by atoms with E-state index in [0.29, 0.717) is 22.3 Å². The van der Waals surface area contributed by atoms with Crippen LogP contribution in [0.5, 0.6) is 11.5 Å². The summed E-state index contributed by atoms with van der Waals surface area (Å²) in [6.07, 6.45) is 0. The topological polar surface area (TPSA) is 313 Å². The number of fused-ring (bicyclic) bond motifs is 2. The molecule has 6 rings (SSSR count). The van der Waals surface area contributed by atoms with Crippen LogP contribution in [-0.4, -0.2) is 62.1 Å². The minimum atomic E-state index is -4.87. The number of hydrogen-bond donors (Lipinski definition) is 4. The van der Waals surface area contributed by atoms with E-state index in [9.17, 15) is 62.1 Å². The van der Waals surface area contributed by atoms with Crippen LogP contribution in [0.2, 0.25) is 0 Å². The van der Waals surface area contributed by atoms with Crippen LogP contribution in [0.1, 0.15) is 22.3 Å². The Morgan fingerprint density at radius 2 is 0.683 bits per heavy atom. The Hall–Kier alpha value is -3.72. The molecule has 0 spiro atoms. The molecule has 0 aliphatic heterocycles. The number of phenols is 2. The van der Waals surface area contributed by atoms with E-state index >= 15 is 0 Å². The number of nitrogens with zero attached hydrogens (tertiary/aromatic N) is 4. The van der Waals surface area contributed by atoms with Crippen LogP contribution in [0.4, 0.5) is 22.7 Å². The van der Waals surface area contributed by atoms with Gasteiger partial charge in [-0.1, -0.05) is 60.7 Å². The van der Waals surface area contributed by atoms with Gasteiger partial charge in [0.05, 0.1) is 31.0 Å². The van der Waals surface area contributed by atoms with Crippen LogP contribution in [0.15, 0.2) is 125 Å². The second-order valence-electron chi connectivity index (χ2n) is 12.6. The van der Waals surface area contributed by atoms with Gasteiger partial charge in [-0.2, -0.15) is 27.1 Å². The number of benzene rings is 6. The third-order valence-electron chi connectivity index (χ3n) is 8.53. The molecule has 0 amide bonds. The number of aromatic hydroxyl groups is 2. The van der Waals surface area contributed by atoms with Gasteiger partial charge >= 0.3 is 59.1 Å². The SMILES string of the molecule is Cc1cc(C)c(S(=O)(=O)O)cc1/N=N/c1cc(S(=O)(=O)[O-])c2ccccc2c1O.Cc1cc(C)c(S(=O)(=O)O)cc1/N=N/c1cc(S(=O)(=O)[O-])c2ccccc2c1O.[Na+].[Na+]. The molecule has 6 aromatic rings. The standard InChI is InChI=1S/2C18H16N2O7S2.2Na/c2*1-10-7-11(2)16(28(22,23)24)8-14(10)19-20-15-9-17(29(25,26)27)12-5-3-4-6-13(12)18(15)21;;/h2*3-9,21H,1-2H3,(H,22,23,24)(H,25,26,27);;/q;;2*+1/p-2/b2*20-19+;;. The number of aryl methyl sites for hydroxylation is 4. The van der Waals surface area contributed by atoms with E-state index in [2.05, 4.69) is 20.5 Å². The van der Waals surface area contributed by atoms with Gasteiger partial charge in [0.15, 0.2) is 11.5 Å². The Kier molecular flexibility index (Phi) is 16.1.